The molecule has 1 atom stereocenters. The maximum Gasteiger partial charge on any atom is 0.0192 e. The molecule has 0 bridgehead atoms. The second-order valence-corrected chi connectivity index (χ2v) is 7.34. The zero-order valence-corrected chi connectivity index (χ0v) is 14.6. The van der Waals surface area contributed by atoms with Crippen LogP contribution in [0, 0.1) is 0 Å². The Morgan fingerprint density at radius 2 is 1.38 bits per heavy atom. The van der Waals surface area contributed by atoms with Gasteiger partial charge in [-0.15, -0.1) is 0 Å². The molecule has 0 radical (unpaired) electrons. The molecule has 1 N–H and O–H groups in total. The van der Waals surface area contributed by atoms with Gasteiger partial charge in [0.15, 0.2) is 0 Å². The highest BCUT2D eigenvalue weighted by Crippen LogP contribution is 2.30. The van der Waals surface area contributed by atoms with Gasteiger partial charge < -0.3 is 5.32 Å². The largest absolute Gasteiger partial charge is 0.313 e. The minimum Gasteiger partial charge on any atom is -0.313 e. The van der Waals surface area contributed by atoms with E-state index in [1.54, 1.807) is 0 Å². The van der Waals surface area contributed by atoms with Crippen LogP contribution in [0.1, 0.15) is 90.9 Å². The highest BCUT2D eigenvalue weighted by atomic mass is 15.2. The van der Waals surface area contributed by atoms with Crippen molar-refractivity contribution in [3.8, 4) is 0 Å². The van der Waals surface area contributed by atoms with Gasteiger partial charge in [-0.2, -0.15) is 0 Å². The Balaban J connectivity index is 1.95. The normalized spacial score (nSPS) is 23.6. The van der Waals surface area contributed by atoms with Crippen molar-refractivity contribution in [3.63, 3.8) is 0 Å². The van der Waals surface area contributed by atoms with E-state index < -0.39 is 0 Å². The van der Waals surface area contributed by atoms with E-state index in [4.69, 9.17) is 0 Å². The minimum absolute atomic E-state index is 0.703. The number of rotatable bonds is 8. The van der Waals surface area contributed by atoms with Crippen LogP contribution in [0.3, 0.4) is 0 Å². The Kier molecular flexibility index (Phi) is 8.10. The van der Waals surface area contributed by atoms with Crippen molar-refractivity contribution in [2.45, 2.75) is 109 Å². The van der Waals surface area contributed by atoms with E-state index in [9.17, 15) is 0 Å². The Morgan fingerprint density at radius 3 is 1.81 bits per heavy atom. The highest BCUT2D eigenvalue weighted by molar-refractivity contribution is 4.86. The smallest absolute Gasteiger partial charge is 0.0192 e. The zero-order chi connectivity index (χ0) is 14.9. The van der Waals surface area contributed by atoms with E-state index >= 15 is 0 Å². The third-order valence-electron chi connectivity index (χ3n) is 5.69. The number of nitrogens with zero attached hydrogens (tertiary/aromatic N) is 1. The minimum atomic E-state index is 0.703. The Morgan fingerprint density at radius 1 is 0.857 bits per heavy atom. The molecule has 2 nitrogen and oxygen atoms in total. The third-order valence-corrected chi connectivity index (χ3v) is 5.69. The van der Waals surface area contributed by atoms with Gasteiger partial charge in [-0.25, -0.2) is 0 Å². The molecule has 21 heavy (non-hydrogen) atoms. The summed E-state index contributed by atoms with van der Waals surface area (Å²) in [6.45, 7) is 7.11. The maximum atomic E-state index is 3.79. The fraction of sp³-hybridized carbons (Fsp3) is 1.00. The van der Waals surface area contributed by atoms with Crippen LogP contribution in [-0.4, -0.2) is 36.1 Å². The van der Waals surface area contributed by atoms with Crippen LogP contribution in [0.5, 0.6) is 0 Å². The summed E-state index contributed by atoms with van der Waals surface area (Å²) >= 11 is 0. The molecule has 0 spiro atoms. The molecule has 0 amide bonds. The fourth-order valence-electron chi connectivity index (χ4n) is 4.36. The summed E-state index contributed by atoms with van der Waals surface area (Å²) in [7, 11) is 0. The molecule has 0 heterocycles. The third kappa shape index (κ3) is 5.56. The summed E-state index contributed by atoms with van der Waals surface area (Å²) < 4.78 is 0. The average molecular weight is 295 g/mol. The van der Waals surface area contributed by atoms with E-state index in [1.165, 1.54) is 90.1 Å². The van der Waals surface area contributed by atoms with Crippen LogP contribution in [-0.2, 0) is 0 Å². The quantitative estimate of drug-likeness (QED) is 0.696. The van der Waals surface area contributed by atoms with Crippen molar-refractivity contribution < 1.29 is 0 Å². The first-order chi connectivity index (χ1) is 10.3. The predicted molar refractivity (Wildman–Crippen MR) is 92.8 cm³/mol. The molecule has 2 aliphatic carbocycles. The summed E-state index contributed by atoms with van der Waals surface area (Å²) in [5.41, 5.74) is 0. The first kappa shape index (κ1) is 17.3. The fourth-order valence-corrected chi connectivity index (χ4v) is 4.36. The van der Waals surface area contributed by atoms with Crippen LogP contribution in [0.2, 0.25) is 0 Å². The second kappa shape index (κ2) is 9.84. The summed E-state index contributed by atoms with van der Waals surface area (Å²) in [4.78, 5) is 2.95. The molecule has 0 aromatic heterocycles. The van der Waals surface area contributed by atoms with Gasteiger partial charge in [0.05, 0.1) is 0 Å². The van der Waals surface area contributed by atoms with Crippen LogP contribution in [0.15, 0.2) is 0 Å². The lowest BCUT2D eigenvalue weighted by molar-refractivity contribution is 0.0696. The topological polar surface area (TPSA) is 15.3 Å². The van der Waals surface area contributed by atoms with Crippen LogP contribution in [0.4, 0.5) is 0 Å². The lowest BCUT2D eigenvalue weighted by Gasteiger charge is -2.43. The van der Waals surface area contributed by atoms with E-state index in [-0.39, 0.29) is 0 Å². The van der Waals surface area contributed by atoms with Crippen molar-refractivity contribution in [1.82, 2.24) is 10.2 Å². The molecule has 2 rings (SSSR count). The zero-order valence-electron chi connectivity index (χ0n) is 14.6. The van der Waals surface area contributed by atoms with Gasteiger partial charge in [-0.1, -0.05) is 52.4 Å². The first-order valence-electron chi connectivity index (χ1n) is 9.84. The Bertz CT molecular complexity index is 236. The lowest BCUT2D eigenvalue weighted by Crippen LogP contribution is -2.51. The molecule has 0 aliphatic heterocycles. The molecule has 2 saturated carbocycles. The van der Waals surface area contributed by atoms with Crippen molar-refractivity contribution in [2.24, 2.45) is 0 Å². The van der Waals surface area contributed by atoms with E-state index in [2.05, 4.69) is 24.1 Å². The van der Waals surface area contributed by atoms with Crippen molar-refractivity contribution in [1.29, 1.82) is 0 Å². The monoisotopic (exact) mass is 294 g/mol. The molecule has 1 unspecified atom stereocenters. The summed E-state index contributed by atoms with van der Waals surface area (Å²) in [6.07, 6.45) is 17.2. The SMILES string of the molecule is CCCNC(CC)CN(C1CCCCC1)C1CCCCC1. The highest BCUT2D eigenvalue weighted by Gasteiger charge is 2.29. The van der Waals surface area contributed by atoms with Gasteiger partial charge in [0.1, 0.15) is 0 Å². The van der Waals surface area contributed by atoms with Gasteiger partial charge in [0, 0.05) is 24.7 Å². The molecule has 0 saturated heterocycles. The summed E-state index contributed by atoms with van der Waals surface area (Å²) in [6, 6.07) is 2.48. The molecular weight excluding hydrogens is 256 g/mol. The standard InChI is InChI=1S/C19H38N2/c1-3-15-20-17(4-2)16-21(18-11-7-5-8-12-18)19-13-9-6-10-14-19/h17-20H,3-16H2,1-2H3. The number of nitrogens with one attached hydrogen (secondary N) is 1. The Labute approximate surface area is 133 Å². The Hall–Kier alpha value is -0.0800. The lowest BCUT2D eigenvalue weighted by atomic mass is 9.88. The molecule has 0 aromatic rings. The maximum absolute atomic E-state index is 3.79. The number of hydrogen-bond acceptors (Lipinski definition) is 2. The van der Waals surface area contributed by atoms with Crippen LogP contribution in [0.25, 0.3) is 0 Å². The van der Waals surface area contributed by atoms with Gasteiger partial charge in [-0.05, 0) is 45.1 Å². The molecular formula is C19H38N2. The summed E-state index contributed by atoms with van der Waals surface area (Å²) in [5.74, 6) is 0. The molecule has 2 fully saturated rings. The predicted octanol–water partition coefficient (Wildman–Crippen LogP) is 4.73. The van der Waals surface area contributed by atoms with E-state index in [0.29, 0.717) is 6.04 Å². The van der Waals surface area contributed by atoms with Gasteiger partial charge in [0.2, 0.25) is 0 Å². The van der Waals surface area contributed by atoms with Crippen molar-refractivity contribution in [2.75, 3.05) is 13.1 Å². The molecule has 124 valence electrons. The first-order valence-corrected chi connectivity index (χ1v) is 9.84. The molecule has 2 aliphatic rings. The molecule has 2 heteroatoms. The van der Waals surface area contributed by atoms with Crippen molar-refractivity contribution in [3.05, 3.63) is 0 Å². The second-order valence-electron chi connectivity index (χ2n) is 7.34. The number of hydrogen-bond donors (Lipinski definition) is 1. The average Bonchev–Trinajstić information content (AvgIpc) is 2.57. The van der Waals surface area contributed by atoms with E-state index in [0.717, 1.165) is 12.1 Å². The summed E-state index contributed by atoms with van der Waals surface area (Å²) in [5, 5.41) is 3.79. The van der Waals surface area contributed by atoms with Crippen LogP contribution >= 0.6 is 0 Å². The van der Waals surface area contributed by atoms with Crippen molar-refractivity contribution >= 4 is 0 Å². The van der Waals surface area contributed by atoms with Gasteiger partial charge in [0.25, 0.3) is 0 Å². The molecule has 0 aromatic carbocycles. The van der Waals surface area contributed by atoms with Gasteiger partial charge in [-0.3, -0.25) is 4.90 Å². The van der Waals surface area contributed by atoms with Gasteiger partial charge >= 0.3 is 0 Å². The van der Waals surface area contributed by atoms with Crippen LogP contribution < -0.4 is 5.32 Å². The van der Waals surface area contributed by atoms with E-state index in [1.807, 2.05) is 0 Å².